The van der Waals surface area contributed by atoms with Crippen LogP contribution in [0.15, 0.2) is 140 Å². The van der Waals surface area contributed by atoms with Gasteiger partial charge in [0.1, 0.15) is 0 Å². The lowest BCUT2D eigenvalue weighted by Gasteiger charge is -2.18. The average molecular weight is 712 g/mol. The molecule has 0 bridgehead atoms. The van der Waals surface area contributed by atoms with Crippen molar-refractivity contribution < 1.29 is 26.3 Å². The summed E-state index contributed by atoms with van der Waals surface area (Å²) in [5.41, 5.74) is 0.562. The van der Waals surface area contributed by atoms with E-state index in [1.54, 1.807) is 72.8 Å². The van der Waals surface area contributed by atoms with Crippen molar-refractivity contribution in [2.45, 2.75) is 12.4 Å². The lowest BCUT2D eigenvalue weighted by molar-refractivity contribution is -0.143. The molecule has 2 heterocycles. The molecule has 0 aliphatic carbocycles. The maximum absolute atomic E-state index is 14.1. The Kier molecular flexibility index (Phi) is 8.03. The number of hydrogen-bond acceptors (Lipinski definition) is 4. The molecule has 2 aromatic heterocycles. The molecule has 5 nitrogen and oxygen atoms in total. The van der Waals surface area contributed by atoms with Gasteiger partial charge >= 0.3 is 12.4 Å². The molecule has 53 heavy (non-hydrogen) atoms. The minimum absolute atomic E-state index is 0.0269. The number of hydrogen-bond donors (Lipinski definition) is 0. The second kappa shape index (κ2) is 12.8. The van der Waals surface area contributed by atoms with Crippen LogP contribution in [0.4, 0.5) is 26.3 Å². The van der Waals surface area contributed by atoms with Gasteiger partial charge in [-0.3, -0.25) is 0 Å². The molecule has 8 rings (SSSR count). The van der Waals surface area contributed by atoms with Gasteiger partial charge in [0.25, 0.3) is 0 Å². The highest BCUT2D eigenvalue weighted by molar-refractivity contribution is 6.09. The predicted molar refractivity (Wildman–Crippen MR) is 191 cm³/mol. The third-order valence-corrected chi connectivity index (χ3v) is 8.90. The zero-order valence-corrected chi connectivity index (χ0v) is 27.3. The van der Waals surface area contributed by atoms with Gasteiger partial charge in [0.15, 0.2) is 17.5 Å². The van der Waals surface area contributed by atoms with Crippen molar-refractivity contribution in [2.24, 2.45) is 0 Å². The van der Waals surface area contributed by atoms with Crippen molar-refractivity contribution >= 4 is 21.8 Å². The molecule has 0 unspecified atom stereocenters. The predicted octanol–water partition coefficient (Wildman–Crippen LogP) is 11.5. The van der Waals surface area contributed by atoms with E-state index in [0.29, 0.717) is 40.0 Å². The second-order valence-corrected chi connectivity index (χ2v) is 12.3. The largest absolute Gasteiger partial charge is 0.416 e. The molecule has 11 heteroatoms. The minimum Gasteiger partial charge on any atom is -0.309 e. The highest BCUT2D eigenvalue weighted by atomic mass is 19.4. The fourth-order valence-corrected chi connectivity index (χ4v) is 6.47. The van der Waals surface area contributed by atoms with Gasteiger partial charge in [-0.1, -0.05) is 91.0 Å². The smallest absolute Gasteiger partial charge is 0.309 e. The third-order valence-electron chi connectivity index (χ3n) is 8.90. The van der Waals surface area contributed by atoms with Gasteiger partial charge in [-0.25, -0.2) is 15.0 Å². The molecule has 258 valence electrons. The summed E-state index contributed by atoms with van der Waals surface area (Å²) in [6, 6.07) is 39.2. The fraction of sp³-hybridized carbons (Fsp3) is 0.0476. The standard InChI is InChI=1S/C42H23F6N5/c43-41(44,45)29-20-28(21-30(22-29)42(46,47)48)32-18-16-31(53-36-14-8-7-13-33(36)34-17-15-25(24-49)19-37(34)53)23-35(32)40-51-38(26-9-3-1-4-10-26)50-39(52-40)27-11-5-2-6-12-27/h1-23H. The molecule has 0 amide bonds. The molecule has 0 spiro atoms. The van der Waals surface area contributed by atoms with Crippen LogP contribution in [0.25, 0.3) is 72.8 Å². The van der Waals surface area contributed by atoms with E-state index in [-0.39, 0.29) is 40.2 Å². The summed E-state index contributed by atoms with van der Waals surface area (Å²) < 4.78 is 86.7. The van der Waals surface area contributed by atoms with Crippen molar-refractivity contribution in [2.75, 3.05) is 0 Å². The van der Waals surface area contributed by atoms with Crippen LogP contribution in [0.1, 0.15) is 16.7 Å². The van der Waals surface area contributed by atoms with Gasteiger partial charge < -0.3 is 4.57 Å². The van der Waals surface area contributed by atoms with Gasteiger partial charge in [-0.15, -0.1) is 0 Å². The first-order valence-electron chi connectivity index (χ1n) is 16.2. The van der Waals surface area contributed by atoms with Gasteiger partial charge in [-0.05, 0) is 59.7 Å². The number of fused-ring (bicyclic) bond motifs is 3. The van der Waals surface area contributed by atoms with E-state index < -0.39 is 23.5 Å². The van der Waals surface area contributed by atoms with Gasteiger partial charge in [0.2, 0.25) is 0 Å². The van der Waals surface area contributed by atoms with Crippen LogP contribution >= 0.6 is 0 Å². The first-order chi connectivity index (χ1) is 25.5. The van der Waals surface area contributed by atoms with Crippen molar-refractivity contribution in [1.82, 2.24) is 19.5 Å². The van der Waals surface area contributed by atoms with Crippen molar-refractivity contribution in [3.8, 4) is 57.0 Å². The Morgan fingerprint density at radius 3 is 1.60 bits per heavy atom. The van der Waals surface area contributed by atoms with Gasteiger partial charge in [0, 0.05) is 33.2 Å². The van der Waals surface area contributed by atoms with Gasteiger partial charge in [0.05, 0.1) is 33.8 Å². The molecule has 0 atom stereocenters. The number of benzene rings is 6. The molecule has 0 aliphatic rings. The maximum atomic E-state index is 14.1. The van der Waals surface area contributed by atoms with E-state index in [1.165, 1.54) is 6.07 Å². The molecule has 0 radical (unpaired) electrons. The van der Waals surface area contributed by atoms with E-state index in [0.717, 1.165) is 16.3 Å². The highest BCUT2D eigenvalue weighted by Gasteiger charge is 2.37. The SMILES string of the molecule is N#Cc1ccc2c3ccccc3n(-c3ccc(-c4cc(C(F)(F)F)cc(C(F)(F)F)c4)c(-c4nc(-c5ccccc5)nc(-c5ccccc5)n4)c3)c2c1. The fourth-order valence-electron chi connectivity index (χ4n) is 6.47. The molecule has 0 N–H and O–H groups in total. The molecule has 8 aromatic rings. The van der Waals surface area contributed by atoms with E-state index in [2.05, 4.69) is 6.07 Å². The average Bonchev–Trinajstić information content (AvgIpc) is 3.51. The summed E-state index contributed by atoms with van der Waals surface area (Å²) in [6.45, 7) is 0. The summed E-state index contributed by atoms with van der Waals surface area (Å²) in [7, 11) is 0. The van der Waals surface area contributed by atoms with Crippen molar-refractivity contribution in [3.05, 3.63) is 156 Å². The molecule has 0 saturated carbocycles. The summed E-state index contributed by atoms with van der Waals surface area (Å²) in [6.07, 6.45) is -10.1. The topological polar surface area (TPSA) is 67.4 Å². The molecule has 0 fully saturated rings. The van der Waals surface area contributed by atoms with E-state index >= 15 is 0 Å². The van der Waals surface area contributed by atoms with E-state index in [4.69, 9.17) is 15.0 Å². The molecule has 6 aromatic carbocycles. The maximum Gasteiger partial charge on any atom is 0.416 e. The Hall–Kier alpha value is -6.80. The van der Waals surface area contributed by atoms with Crippen LogP contribution in [-0.4, -0.2) is 19.5 Å². The quantitative estimate of drug-likeness (QED) is 0.167. The number of nitriles is 1. The zero-order valence-electron chi connectivity index (χ0n) is 27.3. The van der Waals surface area contributed by atoms with Crippen LogP contribution in [-0.2, 0) is 12.4 Å². The van der Waals surface area contributed by atoms with Crippen LogP contribution in [0.3, 0.4) is 0 Å². The number of aromatic nitrogens is 4. The van der Waals surface area contributed by atoms with E-state index in [1.807, 2.05) is 47.0 Å². The first-order valence-corrected chi connectivity index (χ1v) is 16.2. The second-order valence-electron chi connectivity index (χ2n) is 12.3. The number of para-hydroxylation sites is 1. The number of rotatable bonds is 5. The Labute approximate surface area is 298 Å². The zero-order chi connectivity index (χ0) is 36.9. The number of halogens is 6. The van der Waals surface area contributed by atoms with Crippen molar-refractivity contribution in [3.63, 3.8) is 0 Å². The molecular weight excluding hydrogens is 688 g/mol. The first kappa shape index (κ1) is 33.3. The third kappa shape index (κ3) is 6.25. The van der Waals surface area contributed by atoms with Crippen LogP contribution in [0, 0.1) is 11.3 Å². The molecule has 0 aliphatic heterocycles. The minimum atomic E-state index is -5.06. The van der Waals surface area contributed by atoms with E-state index in [9.17, 15) is 31.6 Å². The Balaban J connectivity index is 1.47. The summed E-state index contributed by atoms with van der Waals surface area (Å²) >= 11 is 0. The van der Waals surface area contributed by atoms with Gasteiger partial charge in [-0.2, -0.15) is 31.6 Å². The Morgan fingerprint density at radius 2 is 1.02 bits per heavy atom. The van der Waals surface area contributed by atoms with Crippen molar-refractivity contribution in [1.29, 1.82) is 5.26 Å². The number of nitrogens with zero attached hydrogens (tertiary/aromatic N) is 5. The lowest BCUT2D eigenvalue weighted by Crippen LogP contribution is -2.11. The number of alkyl halides is 6. The summed E-state index contributed by atoms with van der Waals surface area (Å²) in [5, 5.41) is 11.5. The Bertz CT molecular complexity index is 2620. The lowest BCUT2D eigenvalue weighted by atomic mass is 9.94. The van der Waals surface area contributed by atoms with Crippen LogP contribution < -0.4 is 0 Å². The van der Waals surface area contributed by atoms with Crippen LogP contribution in [0.5, 0.6) is 0 Å². The monoisotopic (exact) mass is 711 g/mol. The summed E-state index contributed by atoms with van der Waals surface area (Å²) in [5.74, 6) is 0.529. The molecular formula is C42H23F6N5. The normalized spacial score (nSPS) is 11.9. The Morgan fingerprint density at radius 1 is 0.472 bits per heavy atom. The molecule has 0 saturated heterocycles. The summed E-state index contributed by atoms with van der Waals surface area (Å²) in [4.78, 5) is 14.3. The highest BCUT2D eigenvalue weighted by Crippen LogP contribution is 2.42. The van der Waals surface area contributed by atoms with Crippen LogP contribution in [0.2, 0.25) is 0 Å².